The normalized spacial score (nSPS) is 25.5. The summed E-state index contributed by atoms with van der Waals surface area (Å²) in [7, 11) is -0.736. The van der Waals surface area contributed by atoms with Crippen molar-refractivity contribution < 1.29 is 19.0 Å². The van der Waals surface area contributed by atoms with Crippen molar-refractivity contribution in [2.75, 3.05) is 7.11 Å². The first-order valence-electron chi connectivity index (χ1n) is 8.73. The fourth-order valence-electron chi connectivity index (χ4n) is 2.69. The van der Waals surface area contributed by atoms with Crippen molar-refractivity contribution in [3.8, 4) is 0 Å². The summed E-state index contributed by atoms with van der Waals surface area (Å²) in [6.07, 6.45) is -1.12. The van der Waals surface area contributed by atoms with Crippen LogP contribution in [0.2, 0.25) is 18.1 Å². The zero-order valence-electron chi connectivity index (χ0n) is 16.5. The Hall–Kier alpha value is -1.26. The Morgan fingerprint density at radius 3 is 2.54 bits per heavy atom. The number of rotatable bonds is 5. The molecule has 9 heteroatoms. The van der Waals surface area contributed by atoms with Crippen molar-refractivity contribution in [2.45, 2.75) is 77.0 Å². The number of nitrogens with zero attached hydrogens (tertiary/aromatic N) is 1. The van der Waals surface area contributed by atoms with Crippen LogP contribution in [0, 0.1) is 6.92 Å². The van der Waals surface area contributed by atoms with Gasteiger partial charge in [-0.15, -0.1) is 0 Å². The predicted octanol–water partition coefficient (Wildman–Crippen LogP) is 1.49. The maximum Gasteiger partial charge on any atom is 0.330 e. The lowest BCUT2D eigenvalue weighted by molar-refractivity contribution is -0.182. The van der Waals surface area contributed by atoms with E-state index in [1.165, 1.54) is 17.9 Å². The first-order valence-corrected chi connectivity index (χ1v) is 11.6. The van der Waals surface area contributed by atoms with Gasteiger partial charge in [-0.2, -0.15) is 0 Å². The molecule has 4 atom stereocenters. The number of nitrogens with one attached hydrogen (secondary N) is 1. The number of ether oxygens (including phenoxy) is 2. The molecule has 26 heavy (non-hydrogen) atoms. The monoisotopic (exact) mass is 386 g/mol. The fourth-order valence-corrected chi connectivity index (χ4v) is 4.03. The third-order valence-electron chi connectivity index (χ3n) is 5.35. The first-order chi connectivity index (χ1) is 11.9. The predicted molar refractivity (Wildman–Crippen MR) is 99.7 cm³/mol. The second-order valence-electron chi connectivity index (χ2n) is 8.31. The first kappa shape index (κ1) is 21.0. The molecule has 1 fully saturated rings. The highest BCUT2D eigenvalue weighted by Gasteiger charge is 2.47. The van der Waals surface area contributed by atoms with Gasteiger partial charge in [0, 0.05) is 25.3 Å². The number of aliphatic hydroxyl groups excluding tert-OH is 1. The Kier molecular flexibility index (Phi) is 5.98. The van der Waals surface area contributed by atoms with Crippen molar-refractivity contribution in [3.05, 3.63) is 32.6 Å². The number of aryl methyl sites for hydroxylation is 1. The van der Waals surface area contributed by atoms with Gasteiger partial charge in [0.15, 0.2) is 14.6 Å². The lowest BCUT2D eigenvalue weighted by Crippen LogP contribution is -2.48. The Morgan fingerprint density at radius 1 is 1.38 bits per heavy atom. The molecule has 0 bridgehead atoms. The molecule has 0 saturated carbocycles. The Balaban J connectivity index is 2.33. The maximum absolute atomic E-state index is 12.2. The van der Waals surface area contributed by atoms with Crippen LogP contribution >= 0.6 is 0 Å². The zero-order valence-corrected chi connectivity index (χ0v) is 17.5. The van der Waals surface area contributed by atoms with Gasteiger partial charge >= 0.3 is 5.69 Å². The van der Waals surface area contributed by atoms with Crippen LogP contribution in [0.4, 0.5) is 0 Å². The summed E-state index contributed by atoms with van der Waals surface area (Å²) in [4.78, 5) is 26.1. The molecule has 0 radical (unpaired) electrons. The molecule has 148 valence electrons. The molecule has 0 spiro atoms. The Labute approximate surface area is 154 Å². The molecule has 0 aromatic carbocycles. The van der Waals surface area contributed by atoms with E-state index in [-0.39, 0.29) is 5.04 Å². The summed E-state index contributed by atoms with van der Waals surface area (Å²) in [5, 5.41) is 10.2. The average Bonchev–Trinajstić information content (AvgIpc) is 2.91. The number of aliphatic hydroxyl groups is 1. The van der Waals surface area contributed by atoms with E-state index in [4.69, 9.17) is 13.9 Å². The molecule has 2 heterocycles. The summed E-state index contributed by atoms with van der Waals surface area (Å²) in [5.74, 6) is 0. The smallest absolute Gasteiger partial charge is 0.330 e. The summed E-state index contributed by atoms with van der Waals surface area (Å²) >= 11 is 0. The lowest BCUT2D eigenvalue weighted by Gasteiger charge is -2.39. The second-order valence-corrected chi connectivity index (χ2v) is 13.1. The topological polar surface area (TPSA) is 103 Å². The number of aromatic nitrogens is 2. The van der Waals surface area contributed by atoms with Gasteiger partial charge in [-0.25, -0.2) is 4.79 Å². The van der Waals surface area contributed by atoms with E-state index < -0.39 is 44.3 Å². The third-order valence-corrected chi connectivity index (χ3v) is 9.85. The molecule has 1 aromatic rings. The summed E-state index contributed by atoms with van der Waals surface area (Å²) < 4.78 is 18.7. The molecule has 1 aliphatic rings. The van der Waals surface area contributed by atoms with Gasteiger partial charge in [0.25, 0.3) is 5.56 Å². The van der Waals surface area contributed by atoms with Gasteiger partial charge in [0.1, 0.15) is 12.3 Å². The highest BCUT2D eigenvalue weighted by atomic mass is 28.4. The van der Waals surface area contributed by atoms with Crippen LogP contribution in [0.3, 0.4) is 0 Å². The van der Waals surface area contributed by atoms with Crippen molar-refractivity contribution in [3.63, 3.8) is 0 Å². The van der Waals surface area contributed by atoms with Gasteiger partial charge in [0.2, 0.25) is 0 Å². The van der Waals surface area contributed by atoms with Gasteiger partial charge in [-0.3, -0.25) is 14.3 Å². The number of methoxy groups -OCH3 is 1. The van der Waals surface area contributed by atoms with Crippen LogP contribution < -0.4 is 11.2 Å². The molecule has 8 nitrogen and oxygen atoms in total. The molecular formula is C17H30N2O6Si. The maximum atomic E-state index is 12.2. The molecule has 0 aliphatic carbocycles. The van der Waals surface area contributed by atoms with E-state index in [1.807, 2.05) is 0 Å². The molecule has 0 amide bonds. The van der Waals surface area contributed by atoms with Crippen LogP contribution in [0.25, 0.3) is 0 Å². The molecule has 1 aliphatic heterocycles. The van der Waals surface area contributed by atoms with Crippen LogP contribution in [0.1, 0.15) is 39.0 Å². The van der Waals surface area contributed by atoms with Crippen molar-refractivity contribution in [1.29, 1.82) is 0 Å². The zero-order chi connectivity index (χ0) is 19.9. The Bertz CT molecular complexity index is 751. The minimum atomic E-state index is -2.13. The van der Waals surface area contributed by atoms with Crippen molar-refractivity contribution >= 4 is 8.32 Å². The van der Waals surface area contributed by atoms with Crippen LogP contribution in [0.15, 0.2) is 15.8 Å². The number of aromatic amines is 1. The van der Waals surface area contributed by atoms with Crippen molar-refractivity contribution in [2.24, 2.45) is 0 Å². The van der Waals surface area contributed by atoms with Gasteiger partial charge in [-0.05, 0) is 25.1 Å². The van der Waals surface area contributed by atoms with Crippen LogP contribution in [-0.4, -0.2) is 48.6 Å². The van der Waals surface area contributed by atoms with E-state index in [0.717, 1.165) is 0 Å². The molecule has 0 unspecified atom stereocenters. The number of hydrogen-bond donors (Lipinski definition) is 2. The van der Waals surface area contributed by atoms with Gasteiger partial charge in [0.05, 0.1) is 6.10 Å². The molecule has 2 rings (SSSR count). The van der Waals surface area contributed by atoms with E-state index in [0.29, 0.717) is 12.0 Å². The van der Waals surface area contributed by atoms with Gasteiger partial charge in [-0.1, -0.05) is 20.8 Å². The quantitative estimate of drug-likeness (QED) is 0.587. The Morgan fingerprint density at radius 2 is 2.00 bits per heavy atom. The highest BCUT2D eigenvalue weighted by molar-refractivity contribution is 6.74. The standard InChI is InChI=1S/C17H30N2O6Si/c1-10-9-19(16(22)18-14(10)20)12-8-11(13(24-12)15(21)23-5)25-26(6,7)17(2,3)4/h9,11-13,15,21H,8H2,1-7H3,(H,18,20,22)/t11-,12+,13-,15-/m0/s1. The van der Waals surface area contributed by atoms with E-state index >= 15 is 0 Å². The number of hydrogen-bond acceptors (Lipinski definition) is 6. The average molecular weight is 387 g/mol. The minimum absolute atomic E-state index is 0.0148. The van der Waals surface area contributed by atoms with E-state index in [1.54, 1.807) is 6.92 Å². The van der Waals surface area contributed by atoms with Crippen molar-refractivity contribution in [1.82, 2.24) is 9.55 Å². The molecule has 1 aromatic heterocycles. The fraction of sp³-hybridized carbons (Fsp3) is 0.765. The van der Waals surface area contributed by atoms with Gasteiger partial charge < -0.3 is 19.0 Å². The molecule has 2 N–H and O–H groups in total. The minimum Gasteiger partial charge on any atom is -0.411 e. The van der Waals surface area contributed by atoms with Crippen LogP contribution in [-0.2, 0) is 13.9 Å². The summed E-state index contributed by atoms with van der Waals surface area (Å²) in [6, 6.07) is 0. The largest absolute Gasteiger partial charge is 0.411 e. The van der Waals surface area contributed by atoms with Crippen LogP contribution in [0.5, 0.6) is 0 Å². The third kappa shape index (κ3) is 4.17. The molecular weight excluding hydrogens is 356 g/mol. The summed E-state index contributed by atoms with van der Waals surface area (Å²) in [5.41, 5.74) is -0.568. The molecule has 1 saturated heterocycles. The van der Waals surface area contributed by atoms with E-state index in [2.05, 4.69) is 38.8 Å². The second kappa shape index (κ2) is 7.39. The SMILES string of the molecule is CO[C@H](O)[C@H]1O[C@@H](n2cc(C)c(=O)[nH]c2=O)C[C@@H]1O[Si](C)(C)C(C)(C)C. The summed E-state index contributed by atoms with van der Waals surface area (Å²) in [6.45, 7) is 12.2. The van der Waals surface area contributed by atoms with E-state index in [9.17, 15) is 14.7 Å². The number of H-pyrrole nitrogens is 1. The lowest BCUT2D eigenvalue weighted by atomic mass is 10.1. The highest BCUT2D eigenvalue weighted by Crippen LogP contribution is 2.41.